The van der Waals surface area contributed by atoms with Crippen molar-refractivity contribution >= 4 is 23.2 Å². The summed E-state index contributed by atoms with van der Waals surface area (Å²) in [7, 11) is 0. The Balaban J connectivity index is 2.06. The standard InChI is InChI=1S/C21H25ClN4O/c1-4-12-25(13-5-2)20(27)14-17-21(16-8-6-15(3)7-9-16)23-19-11-10-18(22)24-26(17)19/h6-11H,4-5,12-14H2,1-3H3. The topological polar surface area (TPSA) is 50.5 Å². The van der Waals surface area contributed by atoms with E-state index in [0.717, 1.165) is 42.9 Å². The Kier molecular flexibility index (Phi) is 6.11. The Hall–Kier alpha value is -2.40. The number of amides is 1. The Labute approximate surface area is 165 Å². The van der Waals surface area contributed by atoms with E-state index in [1.54, 1.807) is 10.6 Å². The van der Waals surface area contributed by atoms with Gasteiger partial charge in [-0.3, -0.25) is 4.79 Å². The summed E-state index contributed by atoms with van der Waals surface area (Å²) in [5.74, 6) is 0.0932. The first-order chi connectivity index (χ1) is 13.0. The van der Waals surface area contributed by atoms with Gasteiger partial charge in [0.1, 0.15) is 5.15 Å². The number of aryl methyl sites for hydroxylation is 1. The number of hydrogen-bond donors (Lipinski definition) is 0. The summed E-state index contributed by atoms with van der Waals surface area (Å²) in [6.45, 7) is 7.74. The zero-order valence-corrected chi connectivity index (χ0v) is 16.8. The van der Waals surface area contributed by atoms with Crippen LogP contribution in [0.2, 0.25) is 5.15 Å². The molecule has 2 heterocycles. The number of aromatic nitrogens is 3. The molecule has 1 aromatic carbocycles. The molecule has 0 fully saturated rings. The summed E-state index contributed by atoms with van der Waals surface area (Å²) in [5, 5.41) is 4.77. The van der Waals surface area contributed by atoms with Crippen molar-refractivity contribution in [3.63, 3.8) is 0 Å². The average molecular weight is 385 g/mol. The molecule has 0 aliphatic carbocycles. The molecular formula is C21H25ClN4O. The quantitative estimate of drug-likeness (QED) is 0.600. The number of halogens is 1. The number of fused-ring (bicyclic) bond motifs is 1. The van der Waals surface area contributed by atoms with Crippen LogP contribution in [0.15, 0.2) is 36.4 Å². The van der Waals surface area contributed by atoms with Crippen LogP contribution < -0.4 is 0 Å². The number of nitrogens with zero attached hydrogens (tertiary/aromatic N) is 4. The van der Waals surface area contributed by atoms with E-state index in [4.69, 9.17) is 16.6 Å². The summed E-state index contributed by atoms with van der Waals surface area (Å²) in [6.07, 6.45) is 2.12. The van der Waals surface area contributed by atoms with Gasteiger partial charge < -0.3 is 4.90 Å². The van der Waals surface area contributed by atoms with Gasteiger partial charge in [0, 0.05) is 18.7 Å². The minimum absolute atomic E-state index is 0.0932. The van der Waals surface area contributed by atoms with Gasteiger partial charge in [0.25, 0.3) is 0 Å². The third-order valence-electron chi connectivity index (χ3n) is 4.52. The zero-order chi connectivity index (χ0) is 19.4. The molecule has 0 saturated heterocycles. The monoisotopic (exact) mass is 384 g/mol. The summed E-state index contributed by atoms with van der Waals surface area (Å²) < 4.78 is 1.70. The lowest BCUT2D eigenvalue weighted by Crippen LogP contribution is -2.34. The molecule has 3 rings (SSSR count). The molecule has 6 heteroatoms. The van der Waals surface area contributed by atoms with Crippen LogP contribution in [-0.4, -0.2) is 38.5 Å². The summed E-state index contributed by atoms with van der Waals surface area (Å²) in [6, 6.07) is 11.7. The van der Waals surface area contributed by atoms with E-state index in [1.165, 1.54) is 5.56 Å². The van der Waals surface area contributed by atoms with Gasteiger partial charge in [-0.15, -0.1) is 0 Å². The van der Waals surface area contributed by atoms with Crippen LogP contribution in [0.3, 0.4) is 0 Å². The Bertz CT molecular complexity index is 927. The van der Waals surface area contributed by atoms with Crippen molar-refractivity contribution in [1.82, 2.24) is 19.5 Å². The summed E-state index contributed by atoms with van der Waals surface area (Å²) >= 11 is 6.11. The predicted octanol–water partition coefficient (Wildman–Crippen LogP) is 4.55. The van der Waals surface area contributed by atoms with Crippen molar-refractivity contribution < 1.29 is 4.79 Å². The summed E-state index contributed by atoms with van der Waals surface area (Å²) in [4.78, 5) is 19.6. The number of hydrogen-bond acceptors (Lipinski definition) is 3. The minimum atomic E-state index is 0.0932. The first kappa shape index (κ1) is 19.4. The lowest BCUT2D eigenvalue weighted by Gasteiger charge is -2.21. The van der Waals surface area contributed by atoms with Crippen molar-refractivity contribution in [1.29, 1.82) is 0 Å². The molecule has 3 aromatic rings. The molecule has 1 amide bonds. The third kappa shape index (κ3) is 4.30. The molecule has 142 valence electrons. The number of benzene rings is 1. The van der Waals surface area contributed by atoms with Crippen molar-refractivity contribution in [3.8, 4) is 11.3 Å². The van der Waals surface area contributed by atoms with Gasteiger partial charge in [0.15, 0.2) is 5.65 Å². The number of imidazole rings is 1. The molecule has 27 heavy (non-hydrogen) atoms. The molecule has 0 bridgehead atoms. The highest BCUT2D eigenvalue weighted by molar-refractivity contribution is 6.29. The summed E-state index contributed by atoms with van der Waals surface area (Å²) in [5.41, 5.74) is 4.40. The Morgan fingerprint density at radius 3 is 2.37 bits per heavy atom. The Morgan fingerprint density at radius 2 is 1.74 bits per heavy atom. The molecule has 0 atom stereocenters. The maximum absolute atomic E-state index is 13.0. The minimum Gasteiger partial charge on any atom is -0.342 e. The highest BCUT2D eigenvalue weighted by atomic mass is 35.5. The van der Waals surface area contributed by atoms with Crippen molar-refractivity contribution in [2.24, 2.45) is 0 Å². The predicted molar refractivity (Wildman–Crippen MR) is 109 cm³/mol. The van der Waals surface area contributed by atoms with E-state index in [2.05, 4.69) is 18.9 Å². The van der Waals surface area contributed by atoms with Gasteiger partial charge in [0.05, 0.1) is 17.8 Å². The van der Waals surface area contributed by atoms with Gasteiger partial charge in [-0.2, -0.15) is 5.10 Å². The Morgan fingerprint density at radius 1 is 1.07 bits per heavy atom. The maximum atomic E-state index is 13.0. The van der Waals surface area contributed by atoms with Crippen LogP contribution >= 0.6 is 11.6 Å². The van der Waals surface area contributed by atoms with Crippen molar-refractivity contribution in [3.05, 3.63) is 52.8 Å². The van der Waals surface area contributed by atoms with Crippen molar-refractivity contribution in [2.75, 3.05) is 13.1 Å². The molecule has 0 radical (unpaired) electrons. The van der Waals surface area contributed by atoms with Gasteiger partial charge >= 0.3 is 0 Å². The zero-order valence-electron chi connectivity index (χ0n) is 16.1. The van der Waals surface area contributed by atoms with Crippen LogP contribution in [0.4, 0.5) is 0 Å². The molecule has 0 N–H and O–H groups in total. The third-order valence-corrected chi connectivity index (χ3v) is 4.72. The second-order valence-corrected chi connectivity index (χ2v) is 7.14. The van der Waals surface area contributed by atoms with E-state index in [-0.39, 0.29) is 12.3 Å². The number of carbonyl (C=O) groups is 1. The molecular weight excluding hydrogens is 360 g/mol. The molecule has 5 nitrogen and oxygen atoms in total. The lowest BCUT2D eigenvalue weighted by molar-refractivity contribution is -0.130. The fraction of sp³-hybridized carbons (Fsp3) is 0.381. The fourth-order valence-corrected chi connectivity index (χ4v) is 3.35. The highest BCUT2D eigenvalue weighted by Crippen LogP contribution is 2.26. The fourth-order valence-electron chi connectivity index (χ4n) is 3.21. The van der Waals surface area contributed by atoms with Crippen LogP contribution in [0.1, 0.15) is 37.9 Å². The largest absolute Gasteiger partial charge is 0.342 e. The van der Waals surface area contributed by atoms with Crippen LogP contribution in [-0.2, 0) is 11.2 Å². The van der Waals surface area contributed by atoms with Gasteiger partial charge in [-0.25, -0.2) is 9.50 Å². The molecule has 0 aliphatic rings. The highest BCUT2D eigenvalue weighted by Gasteiger charge is 2.21. The van der Waals surface area contributed by atoms with Gasteiger partial charge in [-0.1, -0.05) is 55.3 Å². The van der Waals surface area contributed by atoms with Gasteiger partial charge in [0.2, 0.25) is 5.91 Å². The van der Waals surface area contributed by atoms with Crippen LogP contribution in [0.5, 0.6) is 0 Å². The van der Waals surface area contributed by atoms with E-state index in [0.29, 0.717) is 10.8 Å². The molecule has 0 spiro atoms. The normalized spacial score (nSPS) is 11.1. The maximum Gasteiger partial charge on any atom is 0.228 e. The van der Waals surface area contributed by atoms with E-state index in [9.17, 15) is 4.79 Å². The van der Waals surface area contributed by atoms with Crippen LogP contribution in [0, 0.1) is 6.92 Å². The number of carbonyl (C=O) groups excluding carboxylic acids is 1. The molecule has 2 aromatic heterocycles. The van der Waals surface area contributed by atoms with E-state index >= 15 is 0 Å². The molecule has 0 unspecified atom stereocenters. The van der Waals surface area contributed by atoms with E-state index < -0.39 is 0 Å². The number of rotatable bonds is 7. The van der Waals surface area contributed by atoms with Crippen LogP contribution in [0.25, 0.3) is 16.9 Å². The average Bonchev–Trinajstić information content (AvgIpc) is 3.00. The SMILES string of the molecule is CCCN(CCC)C(=O)Cc1c(-c2ccc(C)cc2)nc2ccc(Cl)nn12. The first-order valence-corrected chi connectivity index (χ1v) is 9.80. The smallest absolute Gasteiger partial charge is 0.228 e. The second-order valence-electron chi connectivity index (χ2n) is 6.76. The van der Waals surface area contributed by atoms with Gasteiger partial charge in [-0.05, 0) is 31.9 Å². The molecule has 0 saturated carbocycles. The van der Waals surface area contributed by atoms with E-state index in [1.807, 2.05) is 42.2 Å². The first-order valence-electron chi connectivity index (χ1n) is 9.42. The molecule has 0 aliphatic heterocycles. The second kappa shape index (κ2) is 8.53. The lowest BCUT2D eigenvalue weighted by atomic mass is 10.1. The van der Waals surface area contributed by atoms with Crippen molar-refractivity contribution in [2.45, 2.75) is 40.0 Å².